The number of nitrogens with one attached hydrogen (secondary N) is 2. The highest BCUT2D eigenvalue weighted by Gasteiger charge is 2.19. The van der Waals surface area contributed by atoms with E-state index in [1.807, 2.05) is 24.3 Å². The summed E-state index contributed by atoms with van der Waals surface area (Å²) in [7, 11) is 0. The van der Waals surface area contributed by atoms with Gasteiger partial charge in [-0.2, -0.15) is 5.10 Å². The van der Waals surface area contributed by atoms with Crippen LogP contribution in [0.3, 0.4) is 0 Å². The van der Waals surface area contributed by atoms with Gasteiger partial charge in [-0.3, -0.25) is 5.10 Å². The fourth-order valence-corrected chi connectivity index (χ4v) is 2.99. The monoisotopic (exact) mass is 346 g/mol. The lowest BCUT2D eigenvalue weighted by Gasteiger charge is -2.37. The fourth-order valence-electron chi connectivity index (χ4n) is 2.81. The van der Waals surface area contributed by atoms with E-state index in [1.165, 1.54) is 5.69 Å². The number of halogens is 1. The molecule has 1 fully saturated rings. The van der Waals surface area contributed by atoms with Crippen molar-refractivity contribution in [1.29, 1.82) is 0 Å². The molecule has 2 aromatic rings. The van der Waals surface area contributed by atoms with Crippen molar-refractivity contribution < 1.29 is 0 Å². The molecule has 1 aromatic heterocycles. The molecule has 0 atom stereocenters. The summed E-state index contributed by atoms with van der Waals surface area (Å²) in [5.74, 6) is 0.956. The predicted octanol–water partition coefficient (Wildman–Crippen LogP) is 2.35. The average molecular weight is 347 g/mol. The number of H-pyrrole nitrogens is 1. The minimum atomic E-state index is 0.608. The minimum Gasteiger partial charge on any atom is -0.368 e. The van der Waals surface area contributed by atoms with Crippen LogP contribution in [0.15, 0.2) is 41.5 Å². The number of aromatic amines is 1. The highest BCUT2D eigenvalue weighted by atomic mass is 35.5. The first-order chi connectivity index (χ1) is 11.8. The summed E-state index contributed by atoms with van der Waals surface area (Å²) >= 11 is 6.10. The number of guanidine groups is 1. The molecule has 1 aliphatic heterocycles. The molecule has 0 saturated carbocycles. The number of aliphatic imine (C=N–C) groups is 1. The quantitative estimate of drug-likeness (QED) is 0.659. The van der Waals surface area contributed by atoms with E-state index >= 15 is 0 Å². The summed E-state index contributed by atoms with van der Waals surface area (Å²) in [6.45, 7) is 7.33. The average Bonchev–Trinajstić information content (AvgIpc) is 3.12. The third-order valence-electron chi connectivity index (χ3n) is 4.05. The number of hydrogen-bond donors (Lipinski definition) is 2. The van der Waals surface area contributed by atoms with E-state index in [-0.39, 0.29) is 0 Å². The van der Waals surface area contributed by atoms with Crippen molar-refractivity contribution >= 4 is 23.2 Å². The van der Waals surface area contributed by atoms with Gasteiger partial charge in [-0.05, 0) is 31.2 Å². The van der Waals surface area contributed by atoms with Crippen LogP contribution >= 0.6 is 11.6 Å². The molecular weight excluding hydrogens is 324 g/mol. The molecular formula is C17H23ClN6. The molecule has 2 N–H and O–H groups in total. The number of nitrogens with zero attached hydrogens (tertiary/aromatic N) is 4. The third-order valence-corrected chi connectivity index (χ3v) is 4.28. The molecule has 7 heteroatoms. The molecule has 128 valence electrons. The van der Waals surface area contributed by atoms with Crippen LogP contribution in [0, 0.1) is 0 Å². The van der Waals surface area contributed by atoms with Crippen molar-refractivity contribution in [3.8, 4) is 0 Å². The Morgan fingerprint density at radius 3 is 2.79 bits per heavy atom. The van der Waals surface area contributed by atoms with E-state index < -0.39 is 0 Å². The summed E-state index contributed by atoms with van der Waals surface area (Å²) in [4.78, 5) is 9.38. The van der Waals surface area contributed by atoms with Gasteiger partial charge in [0.05, 0.1) is 12.2 Å². The zero-order valence-corrected chi connectivity index (χ0v) is 14.6. The first kappa shape index (κ1) is 16.6. The van der Waals surface area contributed by atoms with Crippen LogP contribution in [-0.2, 0) is 6.54 Å². The van der Waals surface area contributed by atoms with E-state index in [0.29, 0.717) is 6.54 Å². The molecule has 1 aromatic carbocycles. The van der Waals surface area contributed by atoms with Crippen molar-refractivity contribution in [2.75, 3.05) is 37.6 Å². The van der Waals surface area contributed by atoms with E-state index in [0.717, 1.165) is 49.4 Å². The Morgan fingerprint density at radius 1 is 1.29 bits per heavy atom. The predicted molar refractivity (Wildman–Crippen MR) is 98.6 cm³/mol. The Hall–Kier alpha value is -2.21. The summed E-state index contributed by atoms with van der Waals surface area (Å²) in [5.41, 5.74) is 2.20. The number of rotatable bonds is 4. The summed E-state index contributed by atoms with van der Waals surface area (Å²) < 4.78 is 0. The molecule has 0 spiro atoms. The topological polar surface area (TPSA) is 59.6 Å². The Morgan fingerprint density at radius 2 is 2.12 bits per heavy atom. The molecule has 2 heterocycles. The van der Waals surface area contributed by atoms with Crippen molar-refractivity contribution in [2.24, 2.45) is 4.99 Å². The summed E-state index contributed by atoms with van der Waals surface area (Å²) in [5, 5.41) is 11.1. The van der Waals surface area contributed by atoms with Crippen LogP contribution in [0.1, 0.15) is 12.6 Å². The summed E-state index contributed by atoms with van der Waals surface area (Å²) in [6, 6.07) is 9.99. The number of aromatic nitrogens is 2. The Kier molecular flexibility index (Phi) is 5.59. The first-order valence-electron chi connectivity index (χ1n) is 8.28. The molecule has 1 aliphatic rings. The molecule has 6 nitrogen and oxygen atoms in total. The van der Waals surface area contributed by atoms with Gasteiger partial charge in [0.15, 0.2) is 5.96 Å². The molecule has 0 unspecified atom stereocenters. The van der Waals surface area contributed by atoms with Gasteiger partial charge >= 0.3 is 0 Å². The lowest BCUT2D eigenvalue weighted by molar-refractivity contribution is 0.372. The molecule has 24 heavy (non-hydrogen) atoms. The molecule has 0 radical (unpaired) electrons. The normalized spacial score (nSPS) is 15.7. The van der Waals surface area contributed by atoms with Crippen molar-refractivity contribution in [1.82, 2.24) is 20.4 Å². The van der Waals surface area contributed by atoms with E-state index in [2.05, 4.69) is 38.3 Å². The molecule has 1 saturated heterocycles. The Bertz CT molecular complexity index is 661. The van der Waals surface area contributed by atoms with Crippen LogP contribution in [-0.4, -0.2) is 53.8 Å². The van der Waals surface area contributed by atoms with Crippen LogP contribution in [0.4, 0.5) is 5.69 Å². The molecule has 0 bridgehead atoms. The lowest BCUT2D eigenvalue weighted by Crippen LogP contribution is -2.52. The lowest BCUT2D eigenvalue weighted by atomic mass is 10.2. The van der Waals surface area contributed by atoms with Crippen molar-refractivity contribution in [2.45, 2.75) is 13.5 Å². The first-order valence-corrected chi connectivity index (χ1v) is 8.66. The van der Waals surface area contributed by atoms with Gasteiger partial charge in [0.25, 0.3) is 0 Å². The van der Waals surface area contributed by atoms with Crippen molar-refractivity contribution in [3.05, 3.63) is 47.2 Å². The van der Waals surface area contributed by atoms with Gasteiger partial charge in [0, 0.05) is 49.6 Å². The maximum absolute atomic E-state index is 6.10. The van der Waals surface area contributed by atoms with Gasteiger partial charge in [0.2, 0.25) is 0 Å². The molecule has 0 amide bonds. The second-order valence-electron chi connectivity index (χ2n) is 5.71. The maximum Gasteiger partial charge on any atom is 0.194 e. The fraction of sp³-hybridized carbons (Fsp3) is 0.412. The summed E-state index contributed by atoms with van der Waals surface area (Å²) in [6.07, 6.45) is 1.75. The van der Waals surface area contributed by atoms with Gasteiger partial charge in [-0.1, -0.05) is 17.7 Å². The molecule has 3 rings (SSSR count). The zero-order valence-electron chi connectivity index (χ0n) is 13.9. The van der Waals surface area contributed by atoms with Crippen LogP contribution < -0.4 is 10.2 Å². The van der Waals surface area contributed by atoms with E-state index in [1.54, 1.807) is 6.20 Å². The minimum absolute atomic E-state index is 0.608. The largest absolute Gasteiger partial charge is 0.368 e. The standard InChI is InChI=1S/C17H23ClN6/c1-2-19-17(20-13-15-6-7-21-22-15)24-10-8-23(9-11-24)16-5-3-4-14(18)12-16/h3-7,12H,2,8-11,13H2,1H3,(H,19,20)(H,21,22). The van der Waals surface area contributed by atoms with Crippen molar-refractivity contribution in [3.63, 3.8) is 0 Å². The highest BCUT2D eigenvalue weighted by Crippen LogP contribution is 2.20. The number of piperazine rings is 1. The van der Waals surface area contributed by atoms with Gasteiger partial charge < -0.3 is 15.1 Å². The van der Waals surface area contributed by atoms with Crippen LogP contribution in [0.5, 0.6) is 0 Å². The van der Waals surface area contributed by atoms with Gasteiger partial charge in [-0.25, -0.2) is 4.99 Å². The second kappa shape index (κ2) is 8.06. The zero-order chi connectivity index (χ0) is 16.8. The van der Waals surface area contributed by atoms with Gasteiger partial charge in [-0.15, -0.1) is 0 Å². The number of anilines is 1. The number of hydrogen-bond acceptors (Lipinski definition) is 3. The Labute approximate surface area is 147 Å². The Balaban J connectivity index is 1.61. The SMILES string of the molecule is CCNC(=NCc1ccn[nH]1)N1CCN(c2cccc(Cl)c2)CC1. The van der Waals surface area contributed by atoms with Gasteiger partial charge in [0.1, 0.15) is 0 Å². The van der Waals surface area contributed by atoms with E-state index in [9.17, 15) is 0 Å². The van der Waals surface area contributed by atoms with Crippen LogP contribution in [0.2, 0.25) is 5.02 Å². The smallest absolute Gasteiger partial charge is 0.194 e. The maximum atomic E-state index is 6.10. The molecule has 0 aliphatic carbocycles. The van der Waals surface area contributed by atoms with E-state index in [4.69, 9.17) is 16.6 Å². The van der Waals surface area contributed by atoms with Crippen LogP contribution in [0.25, 0.3) is 0 Å². The third kappa shape index (κ3) is 4.20. The second-order valence-corrected chi connectivity index (χ2v) is 6.14. The highest BCUT2D eigenvalue weighted by molar-refractivity contribution is 6.30. The number of benzene rings is 1.